The van der Waals surface area contributed by atoms with Crippen molar-refractivity contribution < 1.29 is 18.7 Å². The number of ketones is 1. The van der Waals surface area contributed by atoms with Gasteiger partial charge in [0.25, 0.3) is 5.91 Å². The van der Waals surface area contributed by atoms with Crippen molar-refractivity contribution in [2.45, 2.75) is 13.8 Å². The molecule has 0 fully saturated rings. The van der Waals surface area contributed by atoms with Crippen molar-refractivity contribution in [3.63, 3.8) is 0 Å². The molecule has 0 saturated carbocycles. The molecule has 0 unspecified atom stereocenters. The number of hydrogen-bond acceptors (Lipinski definition) is 4. The van der Waals surface area contributed by atoms with Gasteiger partial charge in [0.2, 0.25) is 5.78 Å². The fraction of sp³-hybridized carbons (Fsp3) is 0.120. The molecule has 150 valence electrons. The Morgan fingerprint density at radius 2 is 1.67 bits per heavy atom. The molecular formula is C25H21NO4. The lowest BCUT2D eigenvalue weighted by Gasteiger charge is -2.06. The third kappa shape index (κ3) is 3.70. The Kier molecular flexibility index (Phi) is 5.11. The molecule has 3 aromatic carbocycles. The zero-order chi connectivity index (χ0) is 21.3. The van der Waals surface area contributed by atoms with E-state index < -0.39 is 0 Å². The van der Waals surface area contributed by atoms with Crippen molar-refractivity contribution in [2.75, 3.05) is 12.4 Å². The summed E-state index contributed by atoms with van der Waals surface area (Å²) in [6.45, 7) is 3.79. The molecule has 1 amide bonds. The Balaban J connectivity index is 1.64. The lowest BCUT2D eigenvalue weighted by molar-refractivity contribution is 0.101. The number of benzene rings is 3. The minimum absolute atomic E-state index is 0.200. The van der Waals surface area contributed by atoms with E-state index in [4.69, 9.17) is 9.15 Å². The van der Waals surface area contributed by atoms with Gasteiger partial charge in [-0.1, -0.05) is 29.8 Å². The molecule has 4 aromatic rings. The Labute approximate surface area is 174 Å². The summed E-state index contributed by atoms with van der Waals surface area (Å²) >= 11 is 0. The monoisotopic (exact) mass is 399 g/mol. The van der Waals surface area contributed by atoms with Gasteiger partial charge in [0, 0.05) is 33.8 Å². The normalized spacial score (nSPS) is 10.8. The highest BCUT2D eigenvalue weighted by Crippen LogP contribution is 2.30. The average Bonchev–Trinajstić information content (AvgIpc) is 3.09. The summed E-state index contributed by atoms with van der Waals surface area (Å²) < 4.78 is 11.1. The lowest BCUT2D eigenvalue weighted by Crippen LogP contribution is -2.11. The van der Waals surface area contributed by atoms with E-state index in [-0.39, 0.29) is 17.5 Å². The van der Waals surface area contributed by atoms with Crippen LogP contribution in [-0.2, 0) is 0 Å². The van der Waals surface area contributed by atoms with Gasteiger partial charge in [0.15, 0.2) is 5.76 Å². The number of methoxy groups -OCH3 is 1. The van der Waals surface area contributed by atoms with E-state index in [0.29, 0.717) is 28.1 Å². The summed E-state index contributed by atoms with van der Waals surface area (Å²) in [5.41, 5.74) is 3.99. The van der Waals surface area contributed by atoms with E-state index in [9.17, 15) is 9.59 Å². The zero-order valence-corrected chi connectivity index (χ0v) is 17.0. The number of carbonyl (C=O) groups excluding carboxylic acids is 2. The Morgan fingerprint density at radius 1 is 0.900 bits per heavy atom. The second-order valence-electron chi connectivity index (χ2n) is 7.15. The first-order valence-corrected chi connectivity index (χ1v) is 9.56. The van der Waals surface area contributed by atoms with E-state index >= 15 is 0 Å². The van der Waals surface area contributed by atoms with Crippen molar-refractivity contribution in [3.8, 4) is 5.75 Å². The number of hydrogen-bond donors (Lipinski definition) is 1. The predicted octanol–water partition coefficient (Wildman–Crippen LogP) is 5.54. The van der Waals surface area contributed by atoms with Gasteiger partial charge in [-0.25, -0.2) is 0 Å². The summed E-state index contributed by atoms with van der Waals surface area (Å²) in [7, 11) is 1.56. The maximum Gasteiger partial charge on any atom is 0.255 e. The Bertz CT molecular complexity index is 1270. The molecule has 0 radical (unpaired) electrons. The van der Waals surface area contributed by atoms with E-state index in [1.807, 2.05) is 38.1 Å². The summed E-state index contributed by atoms with van der Waals surface area (Å²) in [4.78, 5) is 25.5. The van der Waals surface area contributed by atoms with Crippen LogP contribution in [0.5, 0.6) is 5.75 Å². The van der Waals surface area contributed by atoms with Gasteiger partial charge < -0.3 is 14.5 Å². The molecule has 5 heteroatoms. The van der Waals surface area contributed by atoms with E-state index in [1.54, 1.807) is 49.6 Å². The Hall–Kier alpha value is -3.86. The van der Waals surface area contributed by atoms with Gasteiger partial charge in [0.1, 0.15) is 11.3 Å². The van der Waals surface area contributed by atoms with Crippen molar-refractivity contribution >= 4 is 28.3 Å². The van der Waals surface area contributed by atoms with Crippen LogP contribution < -0.4 is 10.1 Å². The summed E-state index contributed by atoms with van der Waals surface area (Å²) in [5.74, 6) is 0.470. The van der Waals surface area contributed by atoms with E-state index in [0.717, 1.165) is 16.5 Å². The maximum atomic E-state index is 13.0. The zero-order valence-electron chi connectivity index (χ0n) is 17.0. The Morgan fingerprint density at radius 3 is 2.43 bits per heavy atom. The van der Waals surface area contributed by atoms with Crippen LogP contribution in [0.2, 0.25) is 0 Å². The average molecular weight is 399 g/mol. The molecular weight excluding hydrogens is 378 g/mol. The molecule has 1 N–H and O–H groups in total. The minimum atomic E-state index is -0.215. The molecule has 0 bridgehead atoms. The molecule has 1 aromatic heterocycles. The topological polar surface area (TPSA) is 68.5 Å². The van der Waals surface area contributed by atoms with Gasteiger partial charge in [-0.2, -0.15) is 0 Å². The van der Waals surface area contributed by atoms with Crippen LogP contribution in [0.1, 0.15) is 37.6 Å². The van der Waals surface area contributed by atoms with Crippen LogP contribution in [0.15, 0.2) is 71.1 Å². The largest absolute Gasteiger partial charge is 0.497 e. The number of amides is 1. The molecule has 0 atom stereocenters. The highest BCUT2D eigenvalue weighted by Gasteiger charge is 2.20. The van der Waals surface area contributed by atoms with Gasteiger partial charge in [-0.15, -0.1) is 0 Å². The number of ether oxygens (including phenoxy) is 1. The van der Waals surface area contributed by atoms with Crippen molar-refractivity contribution in [1.29, 1.82) is 0 Å². The van der Waals surface area contributed by atoms with Gasteiger partial charge >= 0.3 is 0 Å². The smallest absolute Gasteiger partial charge is 0.255 e. The van der Waals surface area contributed by atoms with Gasteiger partial charge in [-0.3, -0.25) is 9.59 Å². The van der Waals surface area contributed by atoms with Crippen LogP contribution >= 0.6 is 0 Å². The molecule has 4 rings (SSSR count). The molecule has 1 heterocycles. The molecule has 0 saturated heterocycles. The quantitative estimate of drug-likeness (QED) is 0.447. The minimum Gasteiger partial charge on any atom is -0.497 e. The van der Waals surface area contributed by atoms with Crippen LogP contribution in [0.4, 0.5) is 5.69 Å². The van der Waals surface area contributed by atoms with Crippen LogP contribution in [-0.4, -0.2) is 18.8 Å². The molecule has 30 heavy (non-hydrogen) atoms. The first-order chi connectivity index (χ1) is 14.5. The predicted molar refractivity (Wildman–Crippen MR) is 117 cm³/mol. The molecule has 0 aliphatic carbocycles. The molecule has 0 spiro atoms. The number of rotatable bonds is 5. The van der Waals surface area contributed by atoms with E-state index in [2.05, 4.69) is 5.32 Å². The first kappa shape index (κ1) is 19.5. The molecule has 0 aliphatic heterocycles. The van der Waals surface area contributed by atoms with Crippen LogP contribution in [0, 0.1) is 13.8 Å². The second-order valence-corrected chi connectivity index (χ2v) is 7.15. The van der Waals surface area contributed by atoms with Crippen molar-refractivity contribution in [3.05, 3.63) is 94.7 Å². The number of carbonyl (C=O) groups is 2. The van der Waals surface area contributed by atoms with Crippen molar-refractivity contribution in [1.82, 2.24) is 0 Å². The SMILES string of the molecule is COc1cccc(C(=O)c2oc3cc(NC(=O)c4cccc(C)c4)ccc3c2C)c1. The summed E-state index contributed by atoms with van der Waals surface area (Å²) in [6, 6.07) is 19.7. The highest BCUT2D eigenvalue weighted by atomic mass is 16.5. The number of aryl methyl sites for hydroxylation is 2. The fourth-order valence-corrected chi connectivity index (χ4v) is 3.40. The second kappa shape index (κ2) is 7.87. The van der Waals surface area contributed by atoms with Crippen LogP contribution in [0.25, 0.3) is 11.0 Å². The number of anilines is 1. The van der Waals surface area contributed by atoms with E-state index in [1.165, 1.54) is 0 Å². The van der Waals surface area contributed by atoms with Gasteiger partial charge in [-0.05, 0) is 50.2 Å². The number of nitrogens with one attached hydrogen (secondary N) is 1. The fourth-order valence-electron chi connectivity index (χ4n) is 3.40. The third-order valence-corrected chi connectivity index (χ3v) is 5.01. The summed E-state index contributed by atoms with van der Waals surface area (Å²) in [5, 5.41) is 3.71. The van der Waals surface area contributed by atoms with Crippen LogP contribution in [0.3, 0.4) is 0 Å². The molecule has 5 nitrogen and oxygen atoms in total. The highest BCUT2D eigenvalue weighted by molar-refractivity contribution is 6.11. The van der Waals surface area contributed by atoms with Crippen molar-refractivity contribution in [2.24, 2.45) is 0 Å². The number of fused-ring (bicyclic) bond motifs is 1. The third-order valence-electron chi connectivity index (χ3n) is 5.01. The number of furan rings is 1. The molecule has 0 aliphatic rings. The lowest BCUT2D eigenvalue weighted by atomic mass is 10.0. The maximum absolute atomic E-state index is 13.0. The standard InChI is InChI=1S/C25H21NO4/c1-15-6-4-8-18(12-15)25(28)26-19-10-11-21-16(2)24(30-22(21)14-19)23(27)17-7-5-9-20(13-17)29-3/h4-14H,1-3H3,(H,26,28). The van der Waals surface area contributed by atoms with Gasteiger partial charge in [0.05, 0.1) is 7.11 Å². The first-order valence-electron chi connectivity index (χ1n) is 9.56. The summed E-state index contributed by atoms with van der Waals surface area (Å²) in [6.07, 6.45) is 0.